The zero-order valence-corrected chi connectivity index (χ0v) is 11.4. The zero-order valence-electron chi connectivity index (χ0n) is 10.7. The van der Waals surface area contributed by atoms with E-state index in [-0.39, 0.29) is 6.04 Å². The predicted molar refractivity (Wildman–Crippen MR) is 71.8 cm³/mol. The van der Waals surface area contributed by atoms with Gasteiger partial charge in [-0.3, -0.25) is 4.68 Å². The smallest absolute Gasteiger partial charge is 0.0954 e. The van der Waals surface area contributed by atoms with Gasteiger partial charge in [-0.1, -0.05) is 25.4 Å². The first-order valence-electron chi connectivity index (χ1n) is 6.24. The third-order valence-corrected chi connectivity index (χ3v) is 3.12. The Balaban J connectivity index is 2.39. The Kier molecular flexibility index (Phi) is 4.44. The molecule has 18 heavy (non-hydrogen) atoms. The molecule has 0 saturated heterocycles. The molecule has 2 aromatic rings. The van der Waals surface area contributed by atoms with Crippen molar-refractivity contribution in [3.05, 3.63) is 41.1 Å². The molecule has 5 heteroatoms. The van der Waals surface area contributed by atoms with Gasteiger partial charge in [-0.25, -0.2) is 0 Å². The molecule has 2 heterocycles. The van der Waals surface area contributed by atoms with Gasteiger partial charge < -0.3 is 9.73 Å². The number of hydrogen-bond donors (Lipinski definition) is 1. The van der Waals surface area contributed by atoms with Crippen molar-refractivity contribution in [3.8, 4) is 0 Å². The van der Waals surface area contributed by atoms with Crippen molar-refractivity contribution in [2.75, 3.05) is 6.54 Å². The van der Waals surface area contributed by atoms with Crippen molar-refractivity contribution in [3.63, 3.8) is 0 Å². The number of nitrogens with one attached hydrogen (secondary N) is 1. The van der Waals surface area contributed by atoms with Crippen LogP contribution in [0.15, 0.2) is 29.2 Å². The van der Waals surface area contributed by atoms with E-state index < -0.39 is 0 Å². The Morgan fingerprint density at radius 2 is 2.33 bits per heavy atom. The van der Waals surface area contributed by atoms with Crippen LogP contribution in [-0.2, 0) is 6.54 Å². The van der Waals surface area contributed by atoms with E-state index in [9.17, 15) is 0 Å². The van der Waals surface area contributed by atoms with Crippen molar-refractivity contribution in [1.82, 2.24) is 15.1 Å². The van der Waals surface area contributed by atoms with Gasteiger partial charge in [-0.2, -0.15) is 5.10 Å². The molecule has 0 aliphatic heterocycles. The molecule has 1 unspecified atom stereocenters. The summed E-state index contributed by atoms with van der Waals surface area (Å²) in [5.74, 6) is 0. The number of furan rings is 1. The molecule has 1 atom stereocenters. The van der Waals surface area contributed by atoms with Crippen LogP contribution in [-0.4, -0.2) is 16.3 Å². The molecule has 0 bridgehead atoms. The highest BCUT2D eigenvalue weighted by Crippen LogP contribution is 2.28. The first-order valence-corrected chi connectivity index (χ1v) is 6.62. The fourth-order valence-electron chi connectivity index (χ4n) is 2.06. The molecule has 0 aliphatic carbocycles. The van der Waals surface area contributed by atoms with E-state index in [1.54, 1.807) is 18.7 Å². The minimum Gasteiger partial charge on any atom is -0.472 e. The molecule has 1 N–H and O–H groups in total. The average molecular weight is 268 g/mol. The van der Waals surface area contributed by atoms with E-state index in [0.29, 0.717) is 5.02 Å². The van der Waals surface area contributed by atoms with Gasteiger partial charge in [-0.05, 0) is 19.0 Å². The summed E-state index contributed by atoms with van der Waals surface area (Å²) in [4.78, 5) is 0. The molecule has 0 spiro atoms. The fourth-order valence-corrected chi connectivity index (χ4v) is 2.31. The summed E-state index contributed by atoms with van der Waals surface area (Å²) in [5.41, 5.74) is 2.07. The maximum atomic E-state index is 6.27. The summed E-state index contributed by atoms with van der Waals surface area (Å²) in [7, 11) is 0. The maximum absolute atomic E-state index is 6.27. The van der Waals surface area contributed by atoms with Gasteiger partial charge in [0.05, 0.1) is 35.5 Å². The lowest BCUT2D eigenvalue weighted by Gasteiger charge is -2.18. The van der Waals surface area contributed by atoms with Gasteiger partial charge in [0.25, 0.3) is 0 Å². The van der Waals surface area contributed by atoms with Crippen LogP contribution in [0.1, 0.15) is 37.6 Å². The summed E-state index contributed by atoms with van der Waals surface area (Å²) in [6.45, 7) is 5.91. The molecule has 0 aliphatic rings. The van der Waals surface area contributed by atoms with Crippen molar-refractivity contribution in [2.45, 2.75) is 32.9 Å². The van der Waals surface area contributed by atoms with Gasteiger partial charge in [0, 0.05) is 12.1 Å². The molecular weight excluding hydrogens is 250 g/mol. The second-order valence-corrected chi connectivity index (χ2v) is 4.56. The number of nitrogens with zero attached hydrogens (tertiary/aromatic N) is 2. The van der Waals surface area contributed by atoms with Crippen LogP contribution in [0.5, 0.6) is 0 Å². The highest BCUT2D eigenvalue weighted by molar-refractivity contribution is 6.31. The van der Waals surface area contributed by atoms with Crippen LogP contribution in [0.4, 0.5) is 0 Å². The van der Waals surface area contributed by atoms with E-state index in [4.69, 9.17) is 16.0 Å². The largest absolute Gasteiger partial charge is 0.472 e. The van der Waals surface area contributed by atoms with Crippen LogP contribution in [0.2, 0.25) is 5.02 Å². The van der Waals surface area contributed by atoms with Crippen molar-refractivity contribution < 1.29 is 4.42 Å². The number of hydrogen-bond acceptors (Lipinski definition) is 3. The maximum Gasteiger partial charge on any atom is 0.0954 e. The Labute approximate surface area is 112 Å². The van der Waals surface area contributed by atoms with E-state index in [0.717, 1.165) is 30.8 Å². The molecule has 2 aromatic heterocycles. The predicted octanol–water partition coefficient (Wildman–Crippen LogP) is 3.24. The first kappa shape index (κ1) is 13.2. The summed E-state index contributed by atoms with van der Waals surface area (Å²) in [6, 6.07) is 1.97. The molecule has 0 saturated carbocycles. The average Bonchev–Trinajstić information content (AvgIpc) is 2.98. The molecule has 2 rings (SSSR count). The summed E-state index contributed by atoms with van der Waals surface area (Å²) < 4.78 is 7.13. The quantitative estimate of drug-likeness (QED) is 0.874. The molecule has 4 nitrogen and oxygen atoms in total. The minimum atomic E-state index is 0.0234. The molecule has 98 valence electrons. The second kappa shape index (κ2) is 6.07. The Morgan fingerprint density at radius 3 is 2.94 bits per heavy atom. The normalized spacial score (nSPS) is 12.8. The topological polar surface area (TPSA) is 43.0 Å². The first-order chi connectivity index (χ1) is 8.77. The third-order valence-electron chi connectivity index (χ3n) is 2.83. The second-order valence-electron chi connectivity index (χ2n) is 4.15. The van der Waals surface area contributed by atoms with E-state index in [1.165, 1.54) is 0 Å². The van der Waals surface area contributed by atoms with E-state index >= 15 is 0 Å². The molecule has 0 amide bonds. The van der Waals surface area contributed by atoms with Crippen LogP contribution >= 0.6 is 11.6 Å². The Morgan fingerprint density at radius 1 is 1.50 bits per heavy atom. The lowest BCUT2D eigenvalue weighted by Crippen LogP contribution is -2.25. The summed E-state index contributed by atoms with van der Waals surface area (Å²) in [5, 5.41) is 8.44. The lowest BCUT2D eigenvalue weighted by molar-refractivity contribution is 0.511. The van der Waals surface area contributed by atoms with Crippen LogP contribution in [0.3, 0.4) is 0 Å². The molecular formula is C13H18ClN3O. The van der Waals surface area contributed by atoms with Gasteiger partial charge in [-0.15, -0.1) is 0 Å². The fraction of sp³-hybridized carbons (Fsp3) is 0.462. The van der Waals surface area contributed by atoms with Crippen molar-refractivity contribution in [2.24, 2.45) is 0 Å². The van der Waals surface area contributed by atoms with E-state index in [1.807, 2.05) is 10.7 Å². The Bertz CT molecular complexity index is 478. The zero-order chi connectivity index (χ0) is 13.0. The van der Waals surface area contributed by atoms with Gasteiger partial charge >= 0.3 is 0 Å². The number of rotatable bonds is 6. The summed E-state index contributed by atoms with van der Waals surface area (Å²) in [6.07, 6.45) is 6.15. The Hall–Kier alpha value is -1.26. The number of aryl methyl sites for hydroxylation is 1. The highest BCUT2D eigenvalue weighted by Gasteiger charge is 2.21. The lowest BCUT2D eigenvalue weighted by atomic mass is 10.1. The van der Waals surface area contributed by atoms with Crippen LogP contribution < -0.4 is 5.32 Å². The monoisotopic (exact) mass is 267 g/mol. The molecule has 0 aromatic carbocycles. The third kappa shape index (κ3) is 2.60. The van der Waals surface area contributed by atoms with Crippen LogP contribution in [0, 0.1) is 0 Å². The minimum absolute atomic E-state index is 0.0234. The van der Waals surface area contributed by atoms with Crippen molar-refractivity contribution >= 4 is 11.6 Å². The van der Waals surface area contributed by atoms with Crippen LogP contribution in [0.25, 0.3) is 0 Å². The molecule has 0 fully saturated rings. The summed E-state index contributed by atoms with van der Waals surface area (Å²) >= 11 is 6.27. The highest BCUT2D eigenvalue weighted by atomic mass is 35.5. The SMILES string of the molecule is CCCn1ncc(Cl)c1C(NCC)c1ccoc1. The van der Waals surface area contributed by atoms with Crippen molar-refractivity contribution in [1.29, 1.82) is 0 Å². The van der Waals surface area contributed by atoms with E-state index in [2.05, 4.69) is 24.3 Å². The standard InChI is InChI=1S/C13H18ClN3O/c1-3-6-17-13(11(14)8-16-17)12(15-4-2)10-5-7-18-9-10/h5,7-9,12,15H,3-4,6H2,1-2H3. The van der Waals surface area contributed by atoms with Gasteiger partial charge in [0.15, 0.2) is 0 Å². The van der Waals surface area contributed by atoms with Gasteiger partial charge in [0.1, 0.15) is 0 Å². The number of aromatic nitrogens is 2. The number of halogens is 1. The molecule has 0 radical (unpaired) electrons. The van der Waals surface area contributed by atoms with Gasteiger partial charge in [0.2, 0.25) is 0 Å².